The molecule has 1 aromatic carbocycles. The van der Waals surface area contributed by atoms with E-state index in [1.165, 1.54) is 11.9 Å². The molecule has 0 unspecified atom stereocenters. The predicted molar refractivity (Wildman–Crippen MR) is 85.3 cm³/mol. The number of nitrogens with two attached hydrogens (primary N) is 1. The minimum Gasteiger partial charge on any atom is -0.475 e. The first-order valence-electron chi connectivity index (χ1n) is 7.08. The highest BCUT2D eigenvalue weighted by atomic mass is 16.5. The van der Waals surface area contributed by atoms with Crippen LogP contribution in [0.25, 0.3) is 10.8 Å². The Balaban J connectivity index is 2.36. The third kappa shape index (κ3) is 4.17. The normalized spacial score (nSPS) is 10.5. The molecular weight excluding hydrogens is 298 g/mol. The van der Waals surface area contributed by atoms with E-state index in [0.717, 1.165) is 10.8 Å². The first kappa shape index (κ1) is 16.7. The summed E-state index contributed by atoms with van der Waals surface area (Å²) < 4.78 is 10.6. The van der Waals surface area contributed by atoms with Gasteiger partial charge in [0.2, 0.25) is 11.8 Å². The Morgan fingerprint density at radius 2 is 2.00 bits per heavy atom. The third-order valence-corrected chi connectivity index (χ3v) is 3.19. The monoisotopic (exact) mass is 317 g/mol. The lowest BCUT2D eigenvalue weighted by molar-refractivity contribution is -0.118. The van der Waals surface area contributed by atoms with E-state index >= 15 is 0 Å². The van der Waals surface area contributed by atoms with Crippen LogP contribution < -0.4 is 10.5 Å². The van der Waals surface area contributed by atoms with Crippen LogP contribution in [0.2, 0.25) is 0 Å². The van der Waals surface area contributed by atoms with Gasteiger partial charge in [0.1, 0.15) is 12.3 Å². The molecule has 122 valence electrons. The van der Waals surface area contributed by atoms with Crippen molar-refractivity contribution in [2.24, 2.45) is 5.73 Å². The van der Waals surface area contributed by atoms with Crippen LogP contribution >= 0.6 is 0 Å². The quantitative estimate of drug-likeness (QED) is 0.763. The summed E-state index contributed by atoms with van der Waals surface area (Å²) in [6.07, 6.45) is 0. The minimum absolute atomic E-state index is 0.173. The molecule has 2 N–H and O–H groups in total. The maximum absolute atomic E-state index is 12.4. The molecule has 0 radical (unpaired) electrons. The summed E-state index contributed by atoms with van der Waals surface area (Å²) in [6.45, 7) is 0.561. The molecule has 7 nitrogen and oxygen atoms in total. The number of benzene rings is 1. The minimum atomic E-state index is -0.585. The highest BCUT2D eigenvalue weighted by Crippen LogP contribution is 2.25. The van der Waals surface area contributed by atoms with E-state index in [9.17, 15) is 9.59 Å². The number of rotatable bonds is 7. The summed E-state index contributed by atoms with van der Waals surface area (Å²) in [5.41, 5.74) is 5.31. The molecule has 0 aliphatic rings. The van der Waals surface area contributed by atoms with E-state index in [0.29, 0.717) is 19.1 Å². The van der Waals surface area contributed by atoms with Crippen molar-refractivity contribution in [2.75, 3.05) is 33.9 Å². The van der Waals surface area contributed by atoms with Gasteiger partial charge in [0.15, 0.2) is 0 Å². The average molecular weight is 317 g/mol. The van der Waals surface area contributed by atoms with Crippen LogP contribution in [0.3, 0.4) is 0 Å². The van der Waals surface area contributed by atoms with Gasteiger partial charge in [-0.15, -0.1) is 0 Å². The number of methoxy groups -OCH3 is 1. The van der Waals surface area contributed by atoms with E-state index in [1.54, 1.807) is 13.2 Å². The van der Waals surface area contributed by atoms with Crippen LogP contribution in [0.4, 0.5) is 0 Å². The van der Waals surface area contributed by atoms with E-state index in [4.69, 9.17) is 15.2 Å². The Labute approximate surface area is 134 Å². The number of pyridine rings is 1. The molecule has 2 amide bonds. The topological polar surface area (TPSA) is 94.8 Å². The van der Waals surface area contributed by atoms with Crippen molar-refractivity contribution in [2.45, 2.75) is 0 Å². The summed E-state index contributed by atoms with van der Waals surface area (Å²) in [6, 6.07) is 9.13. The van der Waals surface area contributed by atoms with Crippen LogP contribution in [-0.4, -0.2) is 55.6 Å². The lowest BCUT2D eigenvalue weighted by Gasteiger charge is -2.16. The molecule has 0 aliphatic carbocycles. The lowest BCUT2D eigenvalue weighted by atomic mass is 10.1. The molecule has 0 bridgehead atoms. The first-order valence-corrected chi connectivity index (χ1v) is 7.08. The molecule has 23 heavy (non-hydrogen) atoms. The van der Waals surface area contributed by atoms with Crippen LogP contribution in [0.15, 0.2) is 30.3 Å². The molecule has 0 fully saturated rings. The fourth-order valence-corrected chi connectivity index (χ4v) is 2.11. The van der Waals surface area contributed by atoms with Gasteiger partial charge in [-0.25, -0.2) is 4.98 Å². The van der Waals surface area contributed by atoms with Crippen LogP contribution in [0.5, 0.6) is 5.88 Å². The van der Waals surface area contributed by atoms with Gasteiger partial charge in [0.05, 0.1) is 13.2 Å². The SMILES string of the molecule is COCCOc1nc(C(=O)N(C)CC(N)=O)cc2ccccc12. The molecule has 0 aliphatic heterocycles. The van der Waals surface area contributed by atoms with Gasteiger partial charge < -0.3 is 20.1 Å². The second kappa shape index (κ2) is 7.55. The zero-order valence-corrected chi connectivity index (χ0v) is 13.1. The first-order chi connectivity index (χ1) is 11.0. The van der Waals surface area contributed by atoms with Gasteiger partial charge >= 0.3 is 0 Å². The van der Waals surface area contributed by atoms with Crippen molar-refractivity contribution >= 4 is 22.6 Å². The maximum atomic E-state index is 12.4. The molecule has 0 spiro atoms. The number of hydrogen-bond acceptors (Lipinski definition) is 5. The number of amides is 2. The molecular formula is C16H19N3O4. The van der Waals surface area contributed by atoms with Crippen molar-refractivity contribution in [3.63, 3.8) is 0 Å². The van der Waals surface area contributed by atoms with Gasteiger partial charge in [-0.3, -0.25) is 9.59 Å². The van der Waals surface area contributed by atoms with E-state index in [1.807, 2.05) is 24.3 Å². The Morgan fingerprint density at radius 1 is 1.26 bits per heavy atom. The standard InChI is InChI=1S/C16H19N3O4/c1-19(10-14(17)20)16(21)13-9-11-5-3-4-6-12(11)15(18-13)23-8-7-22-2/h3-6,9H,7-8,10H2,1-2H3,(H2,17,20). The Morgan fingerprint density at radius 3 is 2.70 bits per heavy atom. The smallest absolute Gasteiger partial charge is 0.272 e. The van der Waals surface area contributed by atoms with Crippen molar-refractivity contribution in [3.8, 4) is 5.88 Å². The Bertz CT molecular complexity index is 718. The van der Waals surface area contributed by atoms with Crippen LogP contribution in [0, 0.1) is 0 Å². The van der Waals surface area contributed by atoms with Gasteiger partial charge in [-0.2, -0.15) is 0 Å². The summed E-state index contributed by atoms with van der Waals surface area (Å²) in [4.78, 5) is 28.9. The Kier molecular flexibility index (Phi) is 5.48. The number of fused-ring (bicyclic) bond motifs is 1. The summed E-state index contributed by atoms with van der Waals surface area (Å²) >= 11 is 0. The van der Waals surface area contributed by atoms with Crippen molar-refractivity contribution in [1.29, 1.82) is 0 Å². The molecule has 0 saturated heterocycles. The summed E-state index contributed by atoms with van der Waals surface area (Å²) in [5.74, 6) is -0.625. The van der Waals surface area contributed by atoms with Gasteiger partial charge in [-0.05, 0) is 17.5 Å². The highest BCUT2D eigenvalue weighted by Gasteiger charge is 2.17. The largest absolute Gasteiger partial charge is 0.475 e. The second-order valence-electron chi connectivity index (χ2n) is 5.00. The third-order valence-electron chi connectivity index (χ3n) is 3.19. The van der Waals surface area contributed by atoms with Crippen molar-refractivity contribution in [3.05, 3.63) is 36.0 Å². The van der Waals surface area contributed by atoms with Crippen LogP contribution in [-0.2, 0) is 9.53 Å². The predicted octanol–water partition coefficient (Wildman–Crippen LogP) is 0.817. The number of nitrogens with zero attached hydrogens (tertiary/aromatic N) is 2. The molecule has 1 aromatic heterocycles. The molecule has 1 heterocycles. The molecule has 7 heteroatoms. The number of hydrogen-bond donors (Lipinski definition) is 1. The number of likely N-dealkylation sites (N-methyl/N-ethyl adjacent to an activating group) is 1. The maximum Gasteiger partial charge on any atom is 0.272 e. The Hall–Kier alpha value is -2.67. The number of aromatic nitrogens is 1. The van der Waals surface area contributed by atoms with Gasteiger partial charge in [0, 0.05) is 19.5 Å². The van der Waals surface area contributed by atoms with Gasteiger partial charge in [0.25, 0.3) is 5.91 Å². The number of primary amides is 1. The van der Waals surface area contributed by atoms with Crippen molar-refractivity contribution < 1.29 is 19.1 Å². The van der Waals surface area contributed by atoms with E-state index in [-0.39, 0.29) is 12.2 Å². The zero-order chi connectivity index (χ0) is 16.8. The van der Waals surface area contributed by atoms with Gasteiger partial charge in [-0.1, -0.05) is 18.2 Å². The zero-order valence-electron chi connectivity index (χ0n) is 13.1. The molecule has 2 rings (SSSR count). The van der Waals surface area contributed by atoms with E-state index < -0.39 is 11.8 Å². The fraction of sp³-hybridized carbons (Fsp3) is 0.312. The lowest BCUT2D eigenvalue weighted by Crippen LogP contribution is -2.35. The second-order valence-corrected chi connectivity index (χ2v) is 5.00. The molecule has 0 atom stereocenters. The summed E-state index contributed by atoms with van der Waals surface area (Å²) in [7, 11) is 3.07. The van der Waals surface area contributed by atoms with E-state index in [2.05, 4.69) is 4.98 Å². The van der Waals surface area contributed by atoms with Crippen molar-refractivity contribution in [1.82, 2.24) is 9.88 Å². The highest BCUT2D eigenvalue weighted by molar-refractivity contribution is 5.99. The molecule has 2 aromatic rings. The molecule has 0 saturated carbocycles. The number of carbonyl (C=O) groups is 2. The number of ether oxygens (including phenoxy) is 2. The average Bonchev–Trinajstić information content (AvgIpc) is 2.53. The summed E-state index contributed by atoms with van der Waals surface area (Å²) in [5, 5.41) is 1.63. The fourth-order valence-electron chi connectivity index (χ4n) is 2.11. The van der Waals surface area contributed by atoms with Crippen LogP contribution in [0.1, 0.15) is 10.5 Å². The number of carbonyl (C=O) groups excluding carboxylic acids is 2.